The van der Waals surface area contributed by atoms with Crippen LogP contribution in [0.3, 0.4) is 0 Å². The second-order valence-electron chi connectivity index (χ2n) is 5.73. The van der Waals surface area contributed by atoms with Gasteiger partial charge in [0.05, 0.1) is 6.61 Å². The van der Waals surface area contributed by atoms with Gasteiger partial charge in [-0.15, -0.1) is 12.4 Å². The number of hydrogen-bond acceptors (Lipinski definition) is 3. The summed E-state index contributed by atoms with van der Waals surface area (Å²) in [5, 5.41) is 6.23. The second-order valence-corrected chi connectivity index (χ2v) is 5.73. The van der Waals surface area contributed by atoms with E-state index in [4.69, 9.17) is 4.74 Å². The molecule has 22 heavy (non-hydrogen) atoms. The van der Waals surface area contributed by atoms with Gasteiger partial charge < -0.3 is 15.4 Å². The van der Waals surface area contributed by atoms with Crippen LogP contribution in [0.25, 0.3) is 0 Å². The summed E-state index contributed by atoms with van der Waals surface area (Å²) in [6.07, 6.45) is 3.14. The maximum Gasteiger partial charge on any atom is 0.251 e. The van der Waals surface area contributed by atoms with E-state index < -0.39 is 0 Å². The number of carbonyl (C=O) groups excluding carboxylic acids is 1. The lowest BCUT2D eigenvalue weighted by Gasteiger charge is -2.15. The Hall–Kier alpha value is -1.52. The van der Waals surface area contributed by atoms with Gasteiger partial charge in [0, 0.05) is 18.7 Å². The van der Waals surface area contributed by atoms with Crippen LogP contribution in [0.5, 0.6) is 5.75 Å². The number of halogens is 1. The predicted octanol–water partition coefficient (Wildman–Crippen LogP) is 2.79. The molecule has 0 unspecified atom stereocenters. The first kappa shape index (κ1) is 18.5. The summed E-state index contributed by atoms with van der Waals surface area (Å²) in [4.78, 5) is 12.2. The largest absolute Gasteiger partial charge is 0.493 e. The van der Waals surface area contributed by atoms with Crippen molar-refractivity contribution >= 4 is 18.3 Å². The highest BCUT2D eigenvalue weighted by atomic mass is 35.5. The summed E-state index contributed by atoms with van der Waals surface area (Å²) in [7, 11) is 0. The standard InChI is InChI=1S/C17H24N2O2.ClH/c1-13(2)12-21-16-5-3-4-15(10-16)17(20)19-11-14-6-8-18-9-7-14;/h3-6,10,13,18H,7-9,11-12H2,1-2H3,(H,19,20);1H. The van der Waals surface area contributed by atoms with Crippen LogP contribution in [0.2, 0.25) is 0 Å². The van der Waals surface area contributed by atoms with Gasteiger partial charge in [0.25, 0.3) is 5.91 Å². The summed E-state index contributed by atoms with van der Waals surface area (Å²) in [6, 6.07) is 7.35. The summed E-state index contributed by atoms with van der Waals surface area (Å²) in [5.41, 5.74) is 1.93. The molecule has 0 radical (unpaired) electrons. The highest BCUT2D eigenvalue weighted by Crippen LogP contribution is 2.14. The Bertz CT molecular complexity index is 515. The minimum Gasteiger partial charge on any atom is -0.493 e. The highest BCUT2D eigenvalue weighted by molar-refractivity contribution is 5.94. The van der Waals surface area contributed by atoms with Gasteiger partial charge in [0.1, 0.15) is 5.75 Å². The molecule has 1 aromatic rings. The Labute approximate surface area is 138 Å². The van der Waals surface area contributed by atoms with E-state index in [-0.39, 0.29) is 18.3 Å². The normalized spacial score (nSPS) is 14.0. The van der Waals surface area contributed by atoms with E-state index in [2.05, 4.69) is 30.6 Å². The molecule has 0 bridgehead atoms. The molecular formula is C17H25ClN2O2. The highest BCUT2D eigenvalue weighted by Gasteiger charge is 2.09. The summed E-state index contributed by atoms with van der Waals surface area (Å²) in [6.45, 7) is 7.36. The van der Waals surface area contributed by atoms with Crippen molar-refractivity contribution < 1.29 is 9.53 Å². The van der Waals surface area contributed by atoms with E-state index in [0.29, 0.717) is 24.6 Å². The fourth-order valence-electron chi connectivity index (χ4n) is 2.12. The van der Waals surface area contributed by atoms with E-state index in [9.17, 15) is 4.79 Å². The van der Waals surface area contributed by atoms with Crippen LogP contribution in [0.1, 0.15) is 30.6 Å². The van der Waals surface area contributed by atoms with E-state index in [1.165, 1.54) is 5.57 Å². The van der Waals surface area contributed by atoms with Crippen molar-refractivity contribution in [3.05, 3.63) is 41.5 Å². The molecule has 2 rings (SSSR count). The molecule has 1 aromatic carbocycles. The third-order valence-electron chi connectivity index (χ3n) is 3.31. The Morgan fingerprint density at radius 2 is 2.23 bits per heavy atom. The molecule has 0 aliphatic carbocycles. The monoisotopic (exact) mass is 324 g/mol. The zero-order chi connectivity index (χ0) is 15.1. The third-order valence-corrected chi connectivity index (χ3v) is 3.31. The van der Waals surface area contributed by atoms with Crippen LogP contribution in [-0.4, -0.2) is 32.1 Å². The van der Waals surface area contributed by atoms with Crippen LogP contribution >= 0.6 is 12.4 Å². The number of amides is 1. The quantitative estimate of drug-likeness (QED) is 0.791. The Morgan fingerprint density at radius 1 is 1.41 bits per heavy atom. The zero-order valence-corrected chi connectivity index (χ0v) is 14.0. The van der Waals surface area contributed by atoms with Crippen LogP contribution in [0.15, 0.2) is 35.9 Å². The van der Waals surface area contributed by atoms with Gasteiger partial charge in [-0.1, -0.05) is 31.6 Å². The Balaban J connectivity index is 0.00000242. The number of ether oxygens (including phenoxy) is 1. The van der Waals surface area contributed by atoms with Gasteiger partial charge in [-0.25, -0.2) is 0 Å². The third kappa shape index (κ3) is 6.08. The van der Waals surface area contributed by atoms with Crippen molar-refractivity contribution in [2.75, 3.05) is 26.2 Å². The molecule has 1 aliphatic rings. The first-order valence-electron chi connectivity index (χ1n) is 7.55. The van der Waals surface area contributed by atoms with Gasteiger partial charge in [-0.05, 0) is 37.1 Å². The molecule has 2 N–H and O–H groups in total. The molecule has 0 aromatic heterocycles. The van der Waals surface area contributed by atoms with Gasteiger partial charge in [0.15, 0.2) is 0 Å². The van der Waals surface area contributed by atoms with E-state index in [1.807, 2.05) is 18.2 Å². The molecule has 1 amide bonds. The molecule has 0 saturated heterocycles. The molecule has 1 heterocycles. The topological polar surface area (TPSA) is 50.4 Å². The number of hydrogen-bond donors (Lipinski definition) is 2. The van der Waals surface area contributed by atoms with Crippen molar-refractivity contribution in [1.82, 2.24) is 10.6 Å². The average Bonchev–Trinajstić information content (AvgIpc) is 2.52. The summed E-state index contributed by atoms with van der Waals surface area (Å²) in [5.74, 6) is 1.16. The first-order valence-corrected chi connectivity index (χ1v) is 7.55. The van der Waals surface area contributed by atoms with Gasteiger partial charge in [-0.2, -0.15) is 0 Å². The molecule has 1 aliphatic heterocycles. The number of rotatable bonds is 6. The zero-order valence-electron chi connectivity index (χ0n) is 13.2. The van der Waals surface area contributed by atoms with Crippen molar-refractivity contribution in [3.63, 3.8) is 0 Å². The average molecular weight is 325 g/mol. The number of carbonyl (C=O) groups is 1. The Kier molecular flexibility index (Phi) is 7.99. The maximum atomic E-state index is 12.2. The van der Waals surface area contributed by atoms with Gasteiger partial charge >= 0.3 is 0 Å². The van der Waals surface area contributed by atoms with E-state index in [0.717, 1.165) is 25.3 Å². The van der Waals surface area contributed by atoms with Crippen molar-refractivity contribution in [3.8, 4) is 5.75 Å². The smallest absolute Gasteiger partial charge is 0.251 e. The molecule has 4 nitrogen and oxygen atoms in total. The second kappa shape index (κ2) is 9.49. The van der Waals surface area contributed by atoms with Crippen molar-refractivity contribution in [2.24, 2.45) is 5.92 Å². The van der Waals surface area contributed by atoms with Gasteiger partial charge in [0.2, 0.25) is 0 Å². The molecule has 5 heteroatoms. The molecule has 122 valence electrons. The van der Waals surface area contributed by atoms with E-state index >= 15 is 0 Å². The fourth-order valence-corrected chi connectivity index (χ4v) is 2.12. The number of benzene rings is 1. The lowest BCUT2D eigenvalue weighted by atomic mass is 10.1. The molecular weight excluding hydrogens is 300 g/mol. The van der Waals surface area contributed by atoms with E-state index in [1.54, 1.807) is 6.07 Å². The fraction of sp³-hybridized carbons (Fsp3) is 0.471. The van der Waals surface area contributed by atoms with Crippen LogP contribution in [0.4, 0.5) is 0 Å². The predicted molar refractivity (Wildman–Crippen MR) is 91.9 cm³/mol. The van der Waals surface area contributed by atoms with Crippen molar-refractivity contribution in [2.45, 2.75) is 20.3 Å². The summed E-state index contributed by atoms with van der Waals surface area (Å²) < 4.78 is 5.65. The first-order chi connectivity index (χ1) is 10.1. The minimum absolute atomic E-state index is 0. The minimum atomic E-state index is -0.0515. The molecule has 0 atom stereocenters. The summed E-state index contributed by atoms with van der Waals surface area (Å²) >= 11 is 0. The van der Waals surface area contributed by atoms with Crippen LogP contribution in [-0.2, 0) is 0 Å². The van der Waals surface area contributed by atoms with Gasteiger partial charge in [-0.3, -0.25) is 4.79 Å². The SMILES string of the molecule is CC(C)COc1cccc(C(=O)NCC2=CCNCC2)c1.Cl. The molecule has 0 fully saturated rings. The Morgan fingerprint density at radius 3 is 2.91 bits per heavy atom. The molecule has 0 spiro atoms. The maximum absolute atomic E-state index is 12.2. The van der Waals surface area contributed by atoms with Crippen molar-refractivity contribution in [1.29, 1.82) is 0 Å². The lowest BCUT2D eigenvalue weighted by molar-refractivity contribution is 0.0956. The van der Waals surface area contributed by atoms with Crippen LogP contribution < -0.4 is 15.4 Å². The molecule has 0 saturated carbocycles. The lowest BCUT2D eigenvalue weighted by Crippen LogP contribution is -2.29. The van der Waals surface area contributed by atoms with Crippen LogP contribution in [0, 0.1) is 5.92 Å². The number of nitrogens with one attached hydrogen (secondary N) is 2.